The Morgan fingerprint density at radius 2 is 1.79 bits per heavy atom. The Balaban J connectivity index is 1.25. The van der Waals surface area contributed by atoms with E-state index in [-0.39, 0.29) is 17.9 Å². The van der Waals surface area contributed by atoms with Crippen LogP contribution in [0.15, 0.2) is 60.7 Å². The van der Waals surface area contributed by atoms with Gasteiger partial charge in [0.1, 0.15) is 11.4 Å². The molecule has 4 aromatic rings. The third kappa shape index (κ3) is 4.20. The summed E-state index contributed by atoms with van der Waals surface area (Å²) in [4.78, 5) is 25.8. The van der Waals surface area contributed by atoms with Gasteiger partial charge in [0.15, 0.2) is 0 Å². The molecule has 2 N–H and O–H groups in total. The molecule has 5 rings (SSSR count). The van der Waals surface area contributed by atoms with Crippen LogP contribution in [0.3, 0.4) is 0 Å². The molecule has 1 aliphatic rings. The number of nitrogens with one attached hydrogen (secondary N) is 2. The number of aryl methyl sites for hydroxylation is 2. The highest BCUT2D eigenvalue weighted by molar-refractivity contribution is 5.98. The topological polar surface area (TPSA) is 90.2 Å². The van der Waals surface area contributed by atoms with Crippen molar-refractivity contribution in [2.45, 2.75) is 25.7 Å². The summed E-state index contributed by atoms with van der Waals surface area (Å²) < 4.78 is 9.43. The minimum Gasteiger partial charge on any atom is -0.370 e. The van der Waals surface area contributed by atoms with E-state index >= 15 is 0 Å². The van der Waals surface area contributed by atoms with Gasteiger partial charge in [-0.15, -0.1) is 0 Å². The van der Waals surface area contributed by atoms with Gasteiger partial charge < -0.3 is 19.9 Å². The lowest BCUT2D eigenvalue weighted by Gasteiger charge is -2.23. The fraction of sp³-hybridized carbons (Fsp3) is 0.269. The molecule has 1 atom stereocenters. The zero-order valence-electron chi connectivity index (χ0n) is 19.2. The van der Waals surface area contributed by atoms with Crippen LogP contribution in [-0.4, -0.2) is 38.8 Å². The van der Waals surface area contributed by atoms with Gasteiger partial charge in [-0.05, 0) is 17.7 Å². The lowest BCUT2D eigenvalue weighted by Crippen LogP contribution is -2.38. The molecule has 1 unspecified atom stereocenters. The highest BCUT2D eigenvalue weighted by Gasteiger charge is 2.29. The third-order valence-corrected chi connectivity index (χ3v) is 6.30. The maximum Gasteiger partial charge on any atom is 0.270 e. The van der Waals surface area contributed by atoms with Gasteiger partial charge in [0.05, 0.1) is 18.4 Å². The molecule has 2 aromatic heterocycles. The van der Waals surface area contributed by atoms with Gasteiger partial charge in [0.2, 0.25) is 0 Å². The van der Waals surface area contributed by atoms with E-state index in [1.165, 1.54) is 0 Å². The molecule has 0 fully saturated rings. The average Bonchev–Trinajstić information content (AvgIpc) is 3.37. The number of nitrogens with zero attached hydrogens (tertiary/aromatic N) is 3. The van der Waals surface area contributed by atoms with E-state index in [1.807, 2.05) is 72.3 Å². The van der Waals surface area contributed by atoms with E-state index in [9.17, 15) is 9.59 Å². The summed E-state index contributed by atoms with van der Waals surface area (Å²) >= 11 is 0. The first-order chi connectivity index (χ1) is 16.5. The fourth-order valence-corrected chi connectivity index (χ4v) is 4.52. The van der Waals surface area contributed by atoms with Crippen molar-refractivity contribution in [3.63, 3.8) is 0 Å². The molecule has 34 heavy (non-hydrogen) atoms. The Morgan fingerprint density at radius 3 is 2.59 bits per heavy atom. The molecule has 3 heterocycles. The van der Waals surface area contributed by atoms with Crippen molar-refractivity contribution in [1.29, 1.82) is 0 Å². The number of benzene rings is 2. The van der Waals surface area contributed by atoms with E-state index in [0.717, 1.165) is 27.7 Å². The standard InChI is InChI=1S/C26H27N5O3/c1-30-22-11-7-6-10-18(22)12-23(30)25(32)28-15-19-13-20-21(16-34-19)29-31(2)24(20)26(33)27-14-17-8-4-3-5-9-17/h3-12,19H,13-16H2,1-2H3,(H,27,33)(H,28,32). The van der Waals surface area contributed by atoms with Crippen LogP contribution in [0, 0.1) is 0 Å². The SMILES string of the molecule is Cn1nc2c(c1C(=O)NCc1ccccc1)CC(CNC(=O)c1cc3ccccc3n1C)OC2. The zero-order valence-corrected chi connectivity index (χ0v) is 19.2. The first kappa shape index (κ1) is 21.9. The van der Waals surface area contributed by atoms with E-state index in [4.69, 9.17) is 4.74 Å². The number of amides is 2. The van der Waals surface area contributed by atoms with Gasteiger partial charge in [-0.2, -0.15) is 5.10 Å². The summed E-state index contributed by atoms with van der Waals surface area (Å²) in [5, 5.41) is 11.5. The summed E-state index contributed by atoms with van der Waals surface area (Å²) in [5.41, 5.74) is 4.82. The van der Waals surface area contributed by atoms with E-state index in [1.54, 1.807) is 11.7 Å². The Labute approximate surface area is 197 Å². The number of carbonyl (C=O) groups excluding carboxylic acids is 2. The van der Waals surface area contributed by atoms with Crippen molar-refractivity contribution in [2.24, 2.45) is 14.1 Å². The van der Waals surface area contributed by atoms with Crippen LogP contribution in [0.5, 0.6) is 0 Å². The molecule has 0 bridgehead atoms. The first-order valence-corrected chi connectivity index (χ1v) is 11.3. The summed E-state index contributed by atoms with van der Waals surface area (Å²) in [6.07, 6.45) is 0.267. The molecule has 1 aliphatic heterocycles. The Hall–Kier alpha value is -3.91. The van der Waals surface area contributed by atoms with Gasteiger partial charge in [0, 0.05) is 50.1 Å². The van der Waals surface area contributed by atoms with Gasteiger partial charge in [-0.25, -0.2) is 0 Å². The largest absolute Gasteiger partial charge is 0.370 e. The van der Waals surface area contributed by atoms with Crippen molar-refractivity contribution in [3.05, 3.63) is 88.9 Å². The lowest BCUT2D eigenvalue weighted by atomic mass is 10.0. The van der Waals surface area contributed by atoms with Crippen LogP contribution in [0.1, 0.15) is 37.8 Å². The number of para-hydroxylation sites is 1. The summed E-state index contributed by atoms with van der Waals surface area (Å²) in [7, 11) is 3.66. The number of aromatic nitrogens is 3. The second-order valence-electron chi connectivity index (χ2n) is 8.56. The number of ether oxygens (including phenoxy) is 1. The summed E-state index contributed by atoms with van der Waals surface area (Å²) in [5.74, 6) is -0.319. The number of hydrogen-bond donors (Lipinski definition) is 2. The summed E-state index contributed by atoms with van der Waals surface area (Å²) in [6, 6.07) is 19.6. The predicted octanol–water partition coefficient (Wildman–Crippen LogP) is 2.71. The van der Waals surface area contributed by atoms with Crippen molar-refractivity contribution < 1.29 is 14.3 Å². The Kier molecular flexibility index (Phi) is 5.90. The zero-order chi connectivity index (χ0) is 23.7. The van der Waals surface area contributed by atoms with Crippen molar-refractivity contribution in [3.8, 4) is 0 Å². The molecule has 0 spiro atoms. The molecule has 0 saturated carbocycles. The van der Waals surface area contributed by atoms with Gasteiger partial charge in [-0.1, -0.05) is 48.5 Å². The molecule has 8 nitrogen and oxygen atoms in total. The van der Waals surface area contributed by atoms with Crippen LogP contribution < -0.4 is 10.6 Å². The van der Waals surface area contributed by atoms with Gasteiger partial charge in [-0.3, -0.25) is 14.3 Å². The van der Waals surface area contributed by atoms with Crippen molar-refractivity contribution in [1.82, 2.24) is 25.0 Å². The maximum atomic E-state index is 13.0. The quantitative estimate of drug-likeness (QED) is 0.466. The monoisotopic (exact) mass is 457 g/mol. The third-order valence-electron chi connectivity index (χ3n) is 6.30. The first-order valence-electron chi connectivity index (χ1n) is 11.3. The molecule has 174 valence electrons. The number of hydrogen-bond acceptors (Lipinski definition) is 4. The molecular weight excluding hydrogens is 430 g/mol. The summed E-state index contributed by atoms with van der Waals surface area (Å²) in [6.45, 7) is 1.10. The highest BCUT2D eigenvalue weighted by Crippen LogP contribution is 2.24. The van der Waals surface area contributed by atoms with E-state index in [2.05, 4.69) is 15.7 Å². The molecule has 0 radical (unpaired) electrons. The lowest BCUT2D eigenvalue weighted by molar-refractivity contribution is 0.0264. The van der Waals surface area contributed by atoms with Gasteiger partial charge >= 0.3 is 0 Å². The molecule has 0 aliphatic carbocycles. The second-order valence-corrected chi connectivity index (χ2v) is 8.56. The molecular formula is C26H27N5O3. The molecule has 0 saturated heterocycles. The van der Waals surface area contributed by atoms with Crippen LogP contribution >= 0.6 is 0 Å². The Bertz CT molecular complexity index is 1360. The van der Waals surface area contributed by atoms with Crippen molar-refractivity contribution in [2.75, 3.05) is 6.54 Å². The predicted molar refractivity (Wildman–Crippen MR) is 128 cm³/mol. The second kappa shape index (κ2) is 9.15. The van der Waals surface area contributed by atoms with E-state index < -0.39 is 0 Å². The molecule has 2 amide bonds. The van der Waals surface area contributed by atoms with Crippen LogP contribution in [-0.2, 0) is 38.4 Å². The Morgan fingerprint density at radius 1 is 1.03 bits per heavy atom. The minimum absolute atomic E-state index is 0.153. The normalized spacial score (nSPS) is 15.2. The highest BCUT2D eigenvalue weighted by atomic mass is 16.5. The molecule has 8 heteroatoms. The average molecular weight is 458 g/mol. The smallest absolute Gasteiger partial charge is 0.270 e. The molecule has 2 aromatic carbocycles. The fourth-order valence-electron chi connectivity index (χ4n) is 4.52. The number of rotatable bonds is 6. The van der Waals surface area contributed by atoms with Gasteiger partial charge in [0.25, 0.3) is 11.8 Å². The maximum absolute atomic E-state index is 13.0. The van der Waals surface area contributed by atoms with E-state index in [0.29, 0.717) is 37.5 Å². The van der Waals surface area contributed by atoms with Crippen LogP contribution in [0.2, 0.25) is 0 Å². The minimum atomic E-state index is -0.240. The van der Waals surface area contributed by atoms with Crippen molar-refractivity contribution >= 4 is 22.7 Å². The number of fused-ring (bicyclic) bond motifs is 2. The number of carbonyl (C=O) groups is 2. The van der Waals surface area contributed by atoms with Crippen LogP contribution in [0.25, 0.3) is 10.9 Å². The van der Waals surface area contributed by atoms with Crippen LogP contribution in [0.4, 0.5) is 0 Å².